The summed E-state index contributed by atoms with van der Waals surface area (Å²) in [5, 5.41) is 8.50. The lowest BCUT2D eigenvalue weighted by atomic mass is 10.1. The van der Waals surface area contributed by atoms with Gasteiger partial charge in [-0.1, -0.05) is 19.9 Å². The third-order valence-electron chi connectivity index (χ3n) is 3.95. The van der Waals surface area contributed by atoms with E-state index in [2.05, 4.69) is 27.1 Å². The van der Waals surface area contributed by atoms with Crippen LogP contribution in [0, 0.1) is 12.7 Å². The van der Waals surface area contributed by atoms with Crippen molar-refractivity contribution in [2.45, 2.75) is 33.6 Å². The van der Waals surface area contributed by atoms with Crippen LogP contribution in [-0.2, 0) is 12.8 Å². The first-order valence-corrected chi connectivity index (χ1v) is 8.08. The SMILES string of the molecule is CCc1nnc(-c2ccc(C)c(-c3ccc(F)cc3)n2)nc1CC. The average molecular weight is 322 g/mol. The topological polar surface area (TPSA) is 51.6 Å². The second kappa shape index (κ2) is 6.83. The molecule has 2 aromatic heterocycles. The molecule has 0 saturated heterocycles. The highest BCUT2D eigenvalue weighted by atomic mass is 19.1. The molecule has 4 nitrogen and oxygen atoms in total. The first kappa shape index (κ1) is 16.2. The van der Waals surface area contributed by atoms with Crippen LogP contribution in [0.25, 0.3) is 22.8 Å². The fraction of sp³-hybridized carbons (Fsp3) is 0.263. The minimum absolute atomic E-state index is 0.261. The highest BCUT2D eigenvalue weighted by molar-refractivity contribution is 5.66. The van der Waals surface area contributed by atoms with Crippen molar-refractivity contribution in [3.05, 3.63) is 59.2 Å². The van der Waals surface area contributed by atoms with Gasteiger partial charge in [-0.3, -0.25) is 0 Å². The Morgan fingerprint density at radius 3 is 2.21 bits per heavy atom. The van der Waals surface area contributed by atoms with E-state index in [0.29, 0.717) is 11.5 Å². The largest absolute Gasteiger partial charge is 0.244 e. The minimum atomic E-state index is -0.261. The highest BCUT2D eigenvalue weighted by Crippen LogP contribution is 2.24. The van der Waals surface area contributed by atoms with Crippen molar-refractivity contribution < 1.29 is 4.39 Å². The van der Waals surface area contributed by atoms with Gasteiger partial charge in [0.1, 0.15) is 11.5 Å². The lowest BCUT2D eigenvalue weighted by Crippen LogP contribution is -2.05. The fourth-order valence-electron chi connectivity index (χ4n) is 2.60. The second-order valence-corrected chi connectivity index (χ2v) is 5.60. The van der Waals surface area contributed by atoms with E-state index >= 15 is 0 Å². The number of hydrogen-bond donors (Lipinski definition) is 0. The average Bonchev–Trinajstić information content (AvgIpc) is 2.62. The van der Waals surface area contributed by atoms with Crippen LogP contribution in [0.2, 0.25) is 0 Å². The van der Waals surface area contributed by atoms with Crippen LogP contribution < -0.4 is 0 Å². The molecule has 0 fully saturated rings. The molecule has 24 heavy (non-hydrogen) atoms. The Labute approximate surface area is 140 Å². The predicted octanol–water partition coefficient (Wildman–Crippen LogP) is 4.17. The summed E-state index contributed by atoms with van der Waals surface area (Å²) in [6, 6.07) is 10.2. The van der Waals surface area contributed by atoms with Crippen molar-refractivity contribution in [2.75, 3.05) is 0 Å². The van der Waals surface area contributed by atoms with Gasteiger partial charge in [0, 0.05) is 5.56 Å². The molecular formula is C19H19FN4. The van der Waals surface area contributed by atoms with Crippen LogP contribution in [0.5, 0.6) is 0 Å². The quantitative estimate of drug-likeness (QED) is 0.723. The van der Waals surface area contributed by atoms with E-state index in [1.165, 1.54) is 12.1 Å². The smallest absolute Gasteiger partial charge is 0.200 e. The lowest BCUT2D eigenvalue weighted by Gasteiger charge is -2.09. The molecule has 1 aromatic carbocycles. The monoisotopic (exact) mass is 322 g/mol. The zero-order valence-electron chi connectivity index (χ0n) is 14.0. The molecule has 0 radical (unpaired) electrons. The first-order valence-electron chi connectivity index (χ1n) is 8.08. The van der Waals surface area contributed by atoms with Crippen LogP contribution in [-0.4, -0.2) is 20.2 Å². The summed E-state index contributed by atoms with van der Waals surface area (Å²) in [6.45, 7) is 6.08. The summed E-state index contributed by atoms with van der Waals surface area (Å²) >= 11 is 0. The molecule has 3 rings (SSSR count). The second-order valence-electron chi connectivity index (χ2n) is 5.60. The zero-order valence-corrected chi connectivity index (χ0v) is 14.0. The van der Waals surface area contributed by atoms with Gasteiger partial charge in [-0.2, -0.15) is 5.10 Å². The van der Waals surface area contributed by atoms with Gasteiger partial charge in [-0.05, 0) is 55.7 Å². The number of nitrogens with zero attached hydrogens (tertiary/aromatic N) is 4. The molecule has 0 N–H and O–H groups in total. The fourth-order valence-corrected chi connectivity index (χ4v) is 2.60. The van der Waals surface area contributed by atoms with E-state index in [-0.39, 0.29) is 5.82 Å². The molecule has 0 unspecified atom stereocenters. The van der Waals surface area contributed by atoms with Gasteiger partial charge < -0.3 is 0 Å². The summed E-state index contributed by atoms with van der Waals surface area (Å²) in [5.41, 5.74) is 5.22. The lowest BCUT2D eigenvalue weighted by molar-refractivity contribution is 0.628. The normalized spacial score (nSPS) is 10.8. The molecular weight excluding hydrogens is 303 g/mol. The number of aryl methyl sites for hydroxylation is 3. The number of benzene rings is 1. The summed E-state index contributed by atoms with van der Waals surface area (Å²) < 4.78 is 13.2. The number of hydrogen-bond acceptors (Lipinski definition) is 4. The molecule has 0 aliphatic rings. The third kappa shape index (κ3) is 3.15. The molecule has 0 atom stereocenters. The zero-order chi connectivity index (χ0) is 17.1. The number of pyridine rings is 1. The van der Waals surface area contributed by atoms with Gasteiger partial charge in [-0.15, -0.1) is 5.10 Å². The number of aromatic nitrogens is 4. The molecule has 3 aromatic rings. The van der Waals surface area contributed by atoms with Crippen LogP contribution in [0.1, 0.15) is 30.8 Å². The van der Waals surface area contributed by atoms with Gasteiger partial charge in [0.2, 0.25) is 5.82 Å². The molecule has 5 heteroatoms. The number of rotatable bonds is 4. The molecule has 0 aliphatic heterocycles. The Morgan fingerprint density at radius 2 is 1.54 bits per heavy atom. The molecule has 122 valence electrons. The van der Waals surface area contributed by atoms with Gasteiger partial charge in [-0.25, -0.2) is 14.4 Å². The minimum Gasteiger partial charge on any atom is -0.244 e. The summed E-state index contributed by atoms with van der Waals surface area (Å²) in [5.74, 6) is 0.259. The van der Waals surface area contributed by atoms with Crippen molar-refractivity contribution in [3.8, 4) is 22.8 Å². The van der Waals surface area contributed by atoms with Crippen LogP contribution in [0.3, 0.4) is 0 Å². The third-order valence-corrected chi connectivity index (χ3v) is 3.95. The Hall–Kier alpha value is -2.69. The highest BCUT2D eigenvalue weighted by Gasteiger charge is 2.12. The van der Waals surface area contributed by atoms with Gasteiger partial charge in [0.15, 0.2) is 0 Å². The Balaban J connectivity index is 2.07. The maximum atomic E-state index is 13.2. The predicted molar refractivity (Wildman–Crippen MR) is 91.9 cm³/mol. The van der Waals surface area contributed by atoms with E-state index < -0.39 is 0 Å². The van der Waals surface area contributed by atoms with E-state index in [1.807, 2.05) is 26.0 Å². The number of halogens is 1. The van der Waals surface area contributed by atoms with Crippen LogP contribution in [0.4, 0.5) is 4.39 Å². The van der Waals surface area contributed by atoms with Crippen molar-refractivity contribution in [1.29, 1.82) is 0 Å². The van der Waals surface area contributed by atoms with Crippen molar-refractivity contribution >= 4 is 0 Å². The summed E-state index contributed by atoms with van der Waals surface area (Å²) in [4.78, 5) is 9.30. The maximum Gasteiger partial charge on any atom is 0.200 e. The van der Waals surface area contributed by atoms with Crippen molar-refractivity contribution in [1.82, 2.24) is 20.2 Å². The molecule has 0 spiro atoms. The van der Waals surface area contributed by atoms with Gasteiger partial charge in [0.05, 0.1) is 17.1 Å². The molecule has 0 saturated carbocycles. The van der Waals surface area contributed by atoms with E-state index in [0.717, 1.165) is 41.1 Å². The first-order chi connectivity index (χ1) is 11.6. The van der Waals surface area contributed by atoms with Crippen LogP contribution in [0.15, 0.2) is 36.4 Å². The standard InChI is InChI=1S/C19H19FN4/c1-4-15-16(5-2)23-24-19(22-15)17-11-6-12(3)18(21-17)13-7-9-14(20)10-8-13/h6-11H,4-5H2,1-3H3. The summed E-state index contributed by atoms with van der Waals surface area (Å²) in [7, 11) is 0. The van der Waals surface area contributed by atoms with Crippen LogP contribution >= 0.6 is 0 Å². The van der Waals surface area contributed by atoms with E-state index in [4.69, 9.17) is 0 Å². The van der Waals surface area contributed by atoms with Crippen molar-refractivity contribution in [3.63, 3.8) is 0 Å². The Morgan fingerprint density at radius 1 is 0.833 bits per heavy atom. The van der Waals surface area contributed by atoms with E-state index in [1.54, 1.807) is 12.1 Å². The molecule has 0 amide bonds. The Kier molecular flexibility index (Phi) is 4.60. The Bertz CT molecular complexity index is 860. The van der Waals surface area contributed by atoms with Gasteiger partial charge in [0.25, 0.3) is 0 Å². The van der Waals surface area contributed by atoms with Crippen molar-refractivity contribution in [2.24, 2.45) is 0 Å². The molecule has 0 aliphatic carbocycles. The van der Waals surface area contributed by atoms with Gasteiger partial charge >= 0.3 is 0 Å². The summed E-state index contributed by atoms with van der Waals surface area (Å²) in [6.07, 6.45) is 1.62. The van der Waals surface area contributed by atoms with E-state index in [9.17, 15) is 4.39 Å². The molecule has 2 heterocycles. The molecule has 0 bridgehead atoms. The maximum absolute atomic E-state index is 13.2.